The van der Waals surface area contributed by atoms with Crippen LogP contribution in [0, 0.1) is 5.92 Å². The molecule has 0 bridgehead atoms. The summed E-state index contributed by atoms with van der Waals surface area (Å²) in [4.78, 5) is 16.1. The Morgan fingerprint density at radius 2 is 2.04 bits per heavy atom. The van der Waals surface area contributed by atoms with Crippen LogP contribution < -0.4 is 5.32 Å². The first-order valence-corrected chi connectivity index (χ1v) is 10.3. The molecule has 24 heavy (non-hydrogen) atoms. The largest absolute Gasteiger partial charge is 0.322 e. The van der Waals surface area contributed by atoms with Crippen LogP contribution in [0.25, 0.3) is 6.08 Å². The van der Waals surface area contributed by atoms with Crippen molar-refractivity contribution in [2.75, 3.05) is 5.32 Å². The Kier molecular flexibility index (Phi) is 4.46. The maximum absolute atomic E-state index is 12.5. The smallest absolute Gasteiger partial charge is 0.262 e. The van der Waals surface area contributed by atoms with Gasteiger partial charge in [0.2, 0.25) is 0 Å². The van der Waals surface area contributed by atoms with Crippen molar-refractivity contribution in [2.24, 2.45) is 5.92 Å². The molecule has 2 aromatic rings. The van der Waals surface area contributed by atoms with Crippen LogP contribution in [-0.2, 0) is 23.4 Å². The van der Waals surface area contributed by atoms with E-state index >= 15 is 0 Å². The SMILES string of the molecule is C[C@@H]1CCc2c(sc3c2CSC(C(=O)Nc2ccc(Cl)cc2)=C3)C1. The molecule has 0 fully saturated rings. The topological polar surface area (TPSA) is 29.1 Å². The van der Waals surface area contributed by atoms with Gasteiger partial charge in [-0.2, -0.15) is 0 Å². The standard InChI is InChI=1S/C19H18ClNOS2/c1-11-2-7-14-15-10-23-18(9-17(15)24-16(14)8-11)19(22)21-13-5-3-12(20)4-6-13/h3-6,9,11H,2,7-8,10H2,1H3,(H,21,22)/t11-/m1/s1. The van der Waals surface area contributed by atoms with Crippen molar-refractivity contribution in [3.8, 4) is 0 Å². The quantitative estimate of drug-likeness (QED) is 0.723. The number of thioether (sulfide) groups is 1. The first kappa shape index (κ1) is 16.2. The molecule has 2 aliphatic rings. The Hall–Kier alpha value is -1.23. The van der Waals surface area contributed by atoms with Gasteiger partial charge in [0.15, 0.2) is 0 Å². The number of amides is 1. The summed E-state index contributed by atoms with van der Waals surface area (Å²) in [5.41, 5.74) is 3.81. The normalized spacial score (nSPS) is 19.2. The van der Waals surface area contributed by atoms with Crippen LogP contribution in [0.2, 0.25) is 5.02 Å². The predicted octanol–water partition coefficient (Wildman–Crippen LogP) is 5.75. The maximum Gasteiger partial charge on any atom is 0.262 e. The lowest BCUT2D eigenvalue weighted by atomic mass is 9.88. The number of nitrogens with one attached hydrogen (secondary N) is 1. The maximum atomic E-state index is 12.5. The van der Waals surface area contributed by atoms with Gasteiger partial charge in [0.1, 0.15) is 0 Å². The molecule has 4 rings (SSSR count). The summed E-state index contributed by atoms with van der Waals surface area (Å²) >= 11 is 9.41. The molecule has 2 heterocycles. The van der Waals surface area contributed by atoms with Crippen LogP contribution in [0.3, 0.4) is 0 Å². The number of hydrogen-bond donors (Lipinski definition) is 1. The number of halogens is 1. The Labute approximate surface area is 155 Å². The number of rotatable bonds is 2. The highest BCUT2D eigenvalue weighted by Crippen LogP contribution is 2.43. The third-order valence-electron chi connectivity index (χ3n) is 4.61. The third kappa shape index (κ3) is 3.15. The van der Waals surface area contributed by atoms with Gasteiger partial charge in [-0.15, -0.1) is 23.1 Å². The third-order valence-corrected chi connectivity index (χ3v) is 7.16. The molecule has 1 aliphatic carbocycles. The fourth-order valence-corrected chi connectivity index (χ4v) is 6.06. The van der Waals surface area contributed by atoms with Crippen molar-refractivity contribution in [1.29, 1.82) is 0 Å². The summed E-state index contributed by atoms with van der Waals surface area (Å²) in [6, 6.07) is 7.22. The lowest BCUT2D eigenvalue weighted by molar-refractivity contribution is -0.112. The zero-order valence-electron chi connectivity index (χ0n) is 13.4. The fourth-order valence-electron chi connectivity index (χ4n) is 3.28. The van der Waals surface area contributed by atoms with Gasteiger partial charge >= 0.3 is 0 Å². The number of carbonyl (C=O) groups is 1. The van der Waals surface area contributed by atoms with Crippen LogP contribution >= 0.6 is 34.7 Å². The molecule has 124 valence electrons. The van der Waals surface area contributed by atoms with Crippen LogP contribution in [0.4, 0.5) is 5.69 Å². The van der Waals surface area contributed by atoms with E-state index in [9.17, 15) is 4.79 Å². The molecule has 0 unspecified atom stereocenters. The summed E-state index contributed by atoms with van der Waals surface area (Å²) in [7, 11) is 0. The van der Waals surface area contributed by atoms with Gasteiger partial charge in [-0.3, -0.25) is 4.79 Å². The monoisotopic (exact) mass is 375 g/mol. The van der Waals surface area contributed by atoms with Crippen LogP contribution in [-0.4, -0.2) is 5.91 Å². The highest BCUT2D eigenvalue weighted by atomic mass is 35.5. The minimum absolute atomic E-state index is 0.0345. The van der Waals surface area contributed by atoms with Crippen LogP contribution in [0.1, 0.15) is 34.2 Å². The molecule has 0 saturated carbocycles. The number of anilines is 1. The lowest BCUT2D eigenvalue weighted by Crippen LogP contribution is -2.14. The highest BCUT2D eigenvalue weighted by molar-refractivity contribution is 8.03. The summed E-state index contributed by atoms with van der Waals surface area (Å²) in [6.07, 6.45) is 5.75. The minimum atomic E-state index is -0.0345. The molecule has 5 heteroatoms. The summed E-state index contributed by atoms with van der Waals surface area (Å²) in [5.74, 6) is 1.66. The van der Waals surface area contributed by atoms with Crippen molar-refractivity contribution >= 4 is 52.4 Å². The van der Waals surface area contributed by atoms with E-state index < -0.39 is 0 Å². The van der Waals surface area contributed by atoms with E-state index in [0.717, 1.165) is 22.3 Å². The van der Waals surface area contributed by atoms with Gasteiger partial charge in [0.05, 0.1) is 4.91 Å². The average molecular weight is 376 g/mol. The Morgan fingerprint density at radius 3 is 2.83 bits per heavy atom. The predicted molar refractivity (Wildman–Crippen MR) is 105 cm³/mol. The number of thiophene rings is 1. The lowest BCUT2D eigenvalue weighted by Gasteiger charge is -2.19. The van der Waals surface area contributed by atoms with E-state index in [-0.39, 0.29) is 5.91 Å². The number of hydrogen-bond acceptors (Lipinski definition) is 3. The zero-order chi connectivity index (χ0) is 16.7. The van der Waals surface area contributed by atoms with Crippen molar-refractivity contribution in [1.82, 2.24) is 0 Å². The second-order valence-electron chi connectivity index (χ2n) is 6.45. The van der Waals surface area contributed by atoms with Crippen molar-refractivity contribution in [3.05, 3.63) is 55.1 Å². The van der Waals surface area contributed by atoms with E-state index in [1.54, 1.807) is 29.5 Å². The van der Waals surface area contributed by atoms with Crippen molar-refractivity contribution in [2.45, 2.75) is 31.9 Å². The van der Waals surface area contributed by atoms with E-state index in [1.165, 1.54) is 34.6 Å². The number of carbonyl (C=O) groups excluding carboxylic acids is 1. The molecule has 0 spiro atoms. The number of benzene rings is 1. The van der Waals surface area contributed by atoms with Gasteiger partial charge < -0.3 is 5.32 Å². The van der Waals surface area contributed by atoms with Crippen molar-refractivity contribution in [3.63, 3.8) is 0 Å². The molecule has 1 aliphatic heterocycles. The molecule has 2 nitrogen and oxygen atoms in total. The van der Waals surface area contributed by atoms with Gasteiger partial charge in [0.25, 0.3) is 5.91 Å². The first-order valence-electron chi connectivity index (χ1n) is 8.15. The second-order valence-corrected chi connectivity index (χ2v) is 9.04. The van der Waals surface area contributed by atoms with Crippen LogP contribution in [0.15, 0.2) is 29.2 Å². The van der Waals surface area contributed by atoms with Crippen molar-refractivity contribution < 1.29 is 4.79 Å². The molecule has 1 atom stereocenters. The summed E-state index contributed by atoms with van der Waals surface area (Å²) in [5, 5.41) is 3.63. The molecule has 1 N–H and O–H groups in total. The van der Waals surface area contributed by atoms with Gasteiger partial charge in [-0.05, 0) is 66.6 Å². The summed E-state index contributed by atoms with van der Waals surface area (Å²) < 4.78 is 0. The van der Waals surface area contributed by atoms with E-state index in [2.05, 4.69) is 18.3 Å². The van der Waals surface area contributed by atoms with Gasteiger partial charge in [-0.1, -0.05) is 18.5 Å². The molecule has 1 aromatic heterocycles. The molecular weight excluding hydrogens is 358 g/mol. The minimum Gasteiger partial charge on any atom is -0.322 e. The molecule has 1 amide bonds. The second kappa shape index (κ2) is 6.58. The Balaban J connectivity index is 1.56. The molecule has 1 aromatic carbocycles. The zero-order valence-corrected chi connectivity index (χ0v) is 15.8. The Morgan fingerprint density at radius 1 is 1.25 bits per heavy atom. The van der Waals surface area contributed by atoms with Gasteiger partial charge in [-0.25, -0.2) is 0 Å². The van der Waals surface area contributed by atoms with Gasteiger partial charge in [0, 0.05) is 26.2 Å². The number of fused-ring (bicyclic) bond motifs is 3. The molecule has 0 radical (unpaired) electrons. The molecule has 0 saturated heterocycles. The van der Waals surface area contributed by atoms with Crippen LogP contribution in [0.5, 0.6) is 0 Å². The average Bonchev–Trinajstić information content (AvgIpc) is 2.93. The highest BCUT2D eigenvalue weighted by Gasteiger charge is 2.26. The Bertz CT molecular complexity index is 823. The van der Waals surface area contributed by atoms with E-state index in [4.69, 9.17) is 11.6 Å². The summed E-state index contributed by atoms with van der Waals surface area (Å²) in [6.45, 7) is 2.33. The van der Waals surface area contributed by atoms with E-state index in [1.807, 2.05) is 23.5 Å². The van der Waals surface area contributed by atoms with E-state index in [0.29, 0.717) is 5.02 Å². The fraction of sp³-hybridized carbons (Fsp3) is 0.316. The first-order chi connectivity index (χ1) is 11.6. The molecular formula is C19H18ClNOS2.